The molecule has 166 valence electrons. The first-order valence-corrected chi connectivity index (χ1v) is 11.3. The van der Waals surface area contributed by atoms with E-state index in [-0.39, 0.29) is 6.03 Å². The van der Waals surface area contributed by atoms with E-state index >= 15 is 0 Å². The quantitative estimate of drug-likeness (QED) is 0.458. The van der Waals surface area contributed by atoms with Crippen molar-refractivity contribution in [2.45, 2.75) is 25.8 Å². The Balaban J connectivity index is 1.32. The summed E-state index contributed by atoms with van der Waals surface area (Å²) >= 11 is 0. The molecule has 5 heteroatoms. The largest absolute Gasteiger partial charge is 0.381 e. The summed E-state index contributed by atoms with van der Waals surface area (Å²) in [6.07, 6.45) is 3.38. The second kappa shape index (κ2) is 10.3. The standard InChI is InChI=1S/C27H32N4O/c1-31(2)19-21-11-12-23-17-26(14-13-22(23)15-21)30-27(32)29-25-10-6-7-20(16-25)18-28-24-8-4-3-5-9-24/h3-10,13-14,16-17,21,28H,11-12,15,18-19H2,1-2H3,(H2,29,30,32). The number of carbonyl (C=O) groups is 1. The number of fused-ring (bicyclic) bond motifs is 1. The molecule has 3 aromatic rings. The van der Waals surface area contributed by atoms with Crippen molar-refractivity contribution in [1.82, 2.24) is 4.90 Å². The summed E-state index contributed by atoms with van der Waals surface area (Å²) in [5.74, 6) is 0.711. The van der Waals surface area contributed by atoms with Gasteiger partial charge in [-0.3, -0.25) is 0 Å². The van der Waals surface area contributed by atoms with Crippen molar-refractivity contribution in [2.24, 2.45) is 5.92 Å². The lowest BCUT2D eigenvalue weighted by Crippen LogP contribution is -2.26. The fraction of sp³-hybridized carbons (Fsp3) is 0.296. The molecule has 0 heterocycles. The van der Waals surface area contributed by atoms with Crippen LogP contribution in [0.3, 0.4) is 0 Å². The molecule has 0 aromatic heterocycles. The summed E-state index contributed by atoms with van der Waals surface area (Å²) in [6.45, 7) is 1.82. The number of nitrogens with one attached hydrogen (secondary N) is 3. The first-order valence-electron chi connectivity index (χ1n) is 11.3. The van der Waals surface area contributed by atoms with Crippen molar-refractivity contribution in [3.63, 3.8) is 0 Å². The molecule has 0 bridgehead atoms. The molecule has 0 aliphatic heterocycles. The number of aryl methyl sites for hydroxylation is 1. The summed E-state index contributed by atoms with van der Waals surface area (Å²) in [5.41, 5.74) is 6.56. The van der Waals surface area contributed by atoms with Gasteiger partial charge in [0.1, 0.15) is 0 Å². The summed E-state index contributed by atoms with van der Waals surface area (Å²) in [5, 5.41) is 9.33. The highest BCUT2D eigenvalue weighted by Crippen LogP contribution is 2.28. The molecule has 2 amide bonds. The molecule has 0 spiro atoms. The fourth-order valence-corrected chi connectivity index (χ4v) is 4.39. The van der Waals surface area contributed by atoms with E-state index in [4.69, 9.17) is 0 Å². The predicted molar refractivity (Wildman–Crippen MR) is 133 cm³/mol. The third-order valence-corrected chi connectivity index (χ3v) is 5.87. The van der Waals surface area contributed by atoms with Crippen LogP contribution in [0, 0.1) is 5.92 Å². The van der Waals surface area contributed by atoms with Crippen LogP contribution >= 0.6 is 0 Å². The van der Waals surface area contributed by atoms with Crippen molar-refractivity contribution in [3.05, 3.63) is 89.5 Å². The lowest BCUT2D eigenvalue weighted by atomic mass is 9.83. The Morgan fingerprint density at radius 3 is 2.41 bits per heavy atom. The van der Waals surface area contributed by atoms with Gasteiger partial charge in [0.15, 0.2) is 0 Å². The molecule has 1 aliphatic rings. The van der Waals surface area contributed by atoms with Gasteiger partial charge in [0.05, 0.1) is 0 Å². The molecule has 32 heavy (non-hydrogen) atoms. The number of amides is 2. The van der Waals surface area contributed by atoms with Gasteiger partial charge < -0.3 is 20.9 Å². The normalized spacial score (nSPS) is 15.2. The van der Waals surface area contributed by atoms with Crippen LogP contribution in [0.2, 0.25) is 0 Å². The Bertz CT molecular complexity index is 1050. The van der Waals surface area contributed by atoms with E-state index in [1.807, 2.05) is 60.7 Å². The number of para-hydroxylation sites is 1. The van der Waals surface area contributed by atoms with E-state index < -0.39 is 0 Å². The topological polar surface area (TPSA) is 56.4 Å². The summed E-state index contributed by atoms with van der Waals surface area (Å²) < 4.78 is 0. The number of nitrogens with zero attached hydrogens (tertiary/aromatic N) is 1. The SMILES string of the molecule is CN(C)CC1CCc2cc(NC(=O)Nc3cccc(CNc4ccccc4)c3)ccc2C1. The number of urea groups is 1. The van der Waals surface area contributed by atoms with Gasteiger partial charge in [0.25, 0.3) is 0 Å². The maximum absolute atomic E-state index is 12.6. The smallest absolute Gasteiger partial charge is 0.323 e. The molecule has 1 aliphatic carbocycles. The van der Waals surface area contributed by atoms with Crippen LogP contribution in [0.1, 0.15) is 23.1 Å². The van der Waals surface area contributed by atoms with Crippen LogP contribution in [0.4, 0.5) is 21.9 Å². The number of benzene rings is 3. The van der Waals surface area contributed by atoms with Gasteiger partial charge in [-0.1, -0.05) is 36.4 Å². The van der Waals surface area contributed by atoms with Crippen LogP contribution in [-0.4, -0.2) is 31.6 Å². The zero-order valence-electron chi connectivity index (χ0n) is 18.9. The Labute approximate surface area is 190 Å². The highest BCUT2D eigenvalue weighted by atomic mass is 16.2. The van der Waals surface area contributed by atoms with Gasteiger partial charge in [0, 0.05) is 30.2 Å². The number of hydrogen-bond donors (Lipinski definition) is 3. The Hall–Kier alpha value is -3.31. The van der Waals surface area contributed by atoms with E-state index in [0.717, 1.165) is 42.0 Å². The maximum Gasteiger partial charge on any atom is 0.323 e. The zero-order chi connectivity index (χ0) is 22.3. The minimum atomic E-state index is -0.223. The molecular weight excluding hydrogens is 396 g/mol. The Morgan fingerprint density at radius 2 is 1.62 bits per heavy atom. The van der Waals surface area contributed by atoms with Gasteiger partial charge in [-0.05, 0) is 92.4 Å². The Kier molecular flexibility index (Phi) is 7.07. The molecular formula is C27H32N4O. The van der Waals surface area contributed by atoms with Crippen LogP contribution in [0.5, 0.6) is 0 Å². The van der Waals surface area contributed by atoms with Gasteiger partial charge in [-0.25, -0.2) is 4.79 Å². The number of carbonyl (C=O) groups excluding carboxylic acids is 1. The highest BCUT2D eigenvalue weighted by Gasteiger charge is 2.19. The van der Waals surface area contributed by atoms with Gasteiger partial charge in [-0.15, -0.1) is 0 Å². The number of hydrogen-bond acceptors (Lipinski definition) is 3. The zero-order valence-corrected chi connectivity index (χ0v) is 18.9. The molecule has 3 N–H and O–H groups in total. The molecule has 0 radical (unpaired) electrons. The van der Waals surface area contributed by atoms with E-state index in [2.05, 4.69) is 47.1 Å². The van der Waals surface area contributed by atoms with Crippen LogP contribution in [0.25, 0.3) is 0 Å². The molecule has 0 saturated heterocycles. The van der Waals surface area contributed by atoms with Crippen molar-refractivity contribution in [1.29, 1.82) is 0 Å². The first kappa shape index (κ1) is 21.9. The highest BCUT2D eigenvalue weighted by molar-refractivity contribution is 5.99. The van der Waals surface area contributed by atoms with Crippen molar-refractivity contribution in [3.8, 4) is 0 Å². The molecule has 3 aromatic carbocycles. The van der Waals surface area contributed by atoms with Gasteiger partial charge >= 0.3 is 6.03 Å². The van der Waals surface area contributed by atoms with E-state index in [1.54, 1.807) is 0 Å². The third-order valence-electron chi connectivity index (χ3n) is 5.87. The average molecular weight is 429 g/mol. The van der Waals surface area contributed by atoms with Gasteiger partial charge in [-0.2, -0.15) is 0 Å². The lowest BCUT2D eigenvalue weighted by Gasteiger charge is -2.27. The summed E-state index contributed by atoms with van der Waals surface area (Å²) in [4.78, 5) is 14.8. The fourth-order valence-electron chi connectivity index (χ4n) is 4.39. The van der Waals surface area contributed by atoms with E-state index in [0.29, 0.717) is 12.5 Å². The number of rotatable bonds is 7. The molecule has 1 unspecified atom stereocenters. The summed E-state index contributed by atoms with van der Waals surface area (Å²) in [6, 6.07) is 24.1. The van der Waals surface area contributed by atoms with Crippen molar-refractivity contribution >= 4 is 23.1 Å². The molecule has 0 fully saturated rings. The van der Waals surface area contributed by atoms with Crippen LogP contribution in [0.15, 0.2) is 72.8 Å². The average Bonchev–Trinajstić information content (AvgIpc) is 2.78. The Morgan fingerprint density at radius 1 is 0.875 bits per heavy atom. The second-order valence-electron chi connectivity index (χ2n) is 8.85. The first-order chi connectivity index (χ1) is 15.5. The van der Waals surface area contributed by atoms with Crippen LogP contribution < -0.4 is 16.0 Å². The van der Waals surface area contributed by atoms with Gasteiger partial charge in [0.2, 0.25) is 0 Å². The predicted octanol–water partition coefficient (Wildman–Crippen LogP) is 5.61. The van der Waals surface area contributed by atoms with Crippen molar-refractivity contribution < 1.29 is 4.79 Å². The monoisotopic (exact) mass is 428 g/mol. The second-order valence-corrected chi connectivity index (χ2v) is 8.85. The van der Waals surface area contributed by atoms with E-state index in [1.165, 1.54) is 17.5 Å². The van der Waals surface area contributed by atoms with Crippen LogP contribution in [-0.2, 0) is 19.4 Å². The molecule has 1 atom stereocenters. The van der Waals surface area contributed by atoms with E-state index in [9.17, 15) is 4.79 Å². The van der Waals surface area contributed by atoms with Crippen molar-refractivity contribution in [2.75, 3.05) is 36.6 Å². The number of anilines is 3. The maximum atomic E-state index is 12.6. The third kappa shape index (κ3) is 6.11. The lowest BCUT2D eigenvalue weighted by molar-refractivity contribution is 0.262. The molecule has 4 rings (SSSR count). The molecule has 5 nitrogen and oxygen atoms in total. The minimum Gasteiger partial charge on any atom is -0.381 e. The minimum absolute atomic E-state index is 0.223. The summed E-state index contributed by atoms with van der Waals surface area (Å²) in [7, 11) is 4.27. The molecule has 0 saturated carbocycles.